The second-order valence-electron chi connectivity index (χ2n) is 5.04. The van der Waals surface area contributed by atoms with Gasteiger partial charge in [0, 0.05) is 18.8 Å². The van der Waals surface area contributed by atoms with Crippen LogP contribution in [-0.2, 0) is 16.3 Å². The smallest absolute Gasteiger partial charge is 0.153 e. The molecule has 1 fully saturated rings. The van der Waals surface area contributed by atoms with Crippen molar-refractivity contribution >= 4 is 15.5 Å². The first-order valence-corrected chi connectivity index (χ1v) is 7.92. The third-order valence-electron chi connectivity index (χ3n) is 3.57. The number of pyridine rings is 1. The Morgan fingerprint density at radius 2 is 2.33 bits per heavy atom. The maximum absolute atomic E-state index is 11.8. The number of imidazole rings is 1. The van der Waals surface area contributed by atoms with E-state index in [4.69, 9.17) is 0 Å². The van der Waals surface area contributed by atoms with Gasteiger partial charge in [0.05, 0.1) is 16.7 Å². The third-order valence-corrected chi connectivity index (χ3v) is 5.84. The average Bonchev–Trinajstić information content (AvgIpc) is 2.82. The summed E-state index contributed by atoms with van der Waals surface area (Å²) in [6.45, 7) is 2.02. The fourth-order valence-electron chi connectivity index (χ4n) is 2.56. The summed E-state index contributed by atoms with van der Waals surface area (Å²) in [6, 6.07) is 4.03. The first-order chi connectivity index (χ1) is 8.54. The van der Waals surface area contributed by atoms with E-state index in [1.807, 2.05) is 35.9 Å². The Balaban J connectivity index is 1.91. The Morgan fingerprint density at radius 1 is 1.50 bits per heavy atom. The van der Waals surface area contributed by atoms with Gasteiger partial charge in [0.25, 0.3) is 0 Å². The normalized spacial score (nSPS) is 22.6. The molecule has 1 aliphatic heterocycles. The minimum absolute atomic E-state index is 0.233. The second-order valence-corrected chi connectivity index (χ2v) is 7.44. The highest BCUT2D eigenvalue weighted by Crippen LogP contribution is 2.23. The monoisotopic (exact) mass is 264 g/mol. The van der Waals surface area contributed by atoms with Crippen LogP contribution in [0.5, 0.6) is 0 Å². The van der Waals surface area contributed by atoms with Crippen molar-refractivity contribution in [3.63, 3.8) is 0 Å². The Morgan fingerprint density at radius 3 is 3.06 bits per heavy atom. The lowest BCUT2D eigenvalue weighted by Gasteiger charge is -2.05. The van der Waals surface area contributed by atoms with Crippen LogP contribution in [0, 0.1) is 6.92 Å². The van der Waals surface area contributed by atoms with Gasteiger partial charge in [0.1, 0.15) is 5.65 Å². The van der Waals surface area contributed by atoms with Crippen molar-refractivity contribution in [2.24, 2.45) is 0 Å². The van der Waals surface area contributed by atoms with Crippen molar-refractivity contribution in [2.75, 3.05) is 5.75 Å². The van der Waals surface area contributed by atoms with Gasteiger partial charge in [-0.15, -0.1) is 0 Å². The van der Waals surface area contributed by atoms with E-state index in [0.29, 0.717) is 12.2 Å². The quantitative estimate of drug-likeness (QED) is 0.830. The largest absolute Gasteiger partial charge is 0.307 e. The molecule has 1 saturated heterocycles. The van der Waals surface area contributed by atoms with E-state index < -0.39 is 9.84 Å². The number of aromatic nitrogens is 2. The van der Waals surface area contributed by atoms with Crippen LogP contribution in [0.4, 0.5) is 0 Å². The van der Waals surface area contributed by atoms with Crippen LogP contribution in [-0.4, -0.2) is 28.8 Å². The molecule has 1 aliphatic rings. The zero-order chi connectivity index (χ0) is 12.8. The standard InChI is InChI=1S/C13H16N2O2S/c1-10-4-5-15-9-11(14-13(15)7-10)8-12-3-2-6-18(12,16)17/h4-5,7,9,12H,2-3,6,8H2,1H3. The highest BCUT2D eigenvalue weighted by molar-refractivity contribution is 7.92. The van der Waals surface area contributed by atoms with Gasteiger partial charge in [-0.3, -0.25) is 0 Å². The topological polar surface area (TPSA) is 51.4 Å². The lowest BCUT2D eigenvalue weighted by atomic mass is 10.2. The lowest BCUT2D eigenvalue weighted by Crippen LogP contribution is -2.18. The fraction of sp³-hybridized carbons (Fsp3) is 0.462. The fourth-order valence-corrected chi connectivity index (χ4v) is 4.41. The predicted octanol–water partition coefficient (Wildman–Crippen LogP) is 1.76. The zero-order valence-corrected chi connectivity index (χ0v) is 11.2. The summed E-state index contributed by atoms with van der Waals surface area (Å²) in [6.07, 6.45) is 6.00. The summed E-state index contributed by atoms with van der Waals surface area (Å²) >= 11 is 0. The van der Waals surface area contributed by atoms with E-state index in [9.17, 15) is 8.42 Å². The molecule has 4 nitrogen and oxygen atoms in total. The maximum atomic E-state index is 11.8. The van der Waals surface area contributed by atoms with Gasteiger partial charge in [-0.1, -0.05) is 0 Å². The van der Waals surface area contributed by atoms with Crippen molar-refractivity contribution in [1.82, 2.24) is 9.38 Å². The number of hydrogen-bond donors (Lipinski definition) is 0. The number of sulfone groups is 1. The molecule has 5 heteroatoms. The van der Waals surface area contributed by atoms with Crippen LogP contribution in [0.25, 0.3) is 5.65 Å². The van der Waals surface area contributed by atoms with Crippen LogP contribution >= 0.6 is 0 Å². The number of nitrogens with zero attached hydrogens (tertiary/aromatic N) is 2. The van der Waals surface area contributed by atoms with Crippen LogP contribution < -0.4 is 0 Å². The molecule has 3 rings (SSSR count). The molecule has 18 heavy (non-hydrogen) atoms. The minimum Gasteiger partial charge on any atom is -0.307 e. The Kier molecular flexibility index (Phi) is 2.66. The first kappa shape index (κ1) is 11.7. The number of aryl methyl sites for hydroxylation is 1. The van der Waals surface area contributed by atoms with Gasteiger partial charge >= 0.3 is 0 Å². The SMILES string of the molecule is Cc1ccn2cc(CC3CCCS3(=O)=O)nc2c1. The molecule has 0 spiro atoms. The second kappa shape index (κ2) is 4.09. The molecule has 2 aromatic rings. The lowest BCUT2D eigenvalue weighted by molar-refractivity contribution is 0.587. The molecule has 0 amide bonds. The van der Waals surface area contributed by atoms with E-state index in [-0.39, 0.29) is 5.25 Å². The van der Waals surface area contributed by atoms with Crippen molar-refractivity contribution in [3.8, 4) is 0 Å². The number of hydrogen-bond acceptors (Lipinski definition) is 3. The van der Waals surface area contributed by atoms with E-state index in [1.165, 1.54) is 0 Å². The van der Waals surface area contributed by atoms with Crippen LogP contribution in [0.15, 0.2) is 24.5 Å². The van der Waals surface area contributed by atoms with E-state index >= 15 is 0 Å². The summed E-state index contributed by atoms with van der Waals surface area (Å²) in [5.41, 5.74) is 2.92. The van der Waals surface area contributed by atoms with Crippen molar-refractivity contribution in [1.29, 1.82) is 0 Å². The van der Waals surface area contributed by atoms with Gasteiger partial charge in [-0.05, 0) is 37.5 Å². The molecule has 0 bridgehead atoms. The Bertz CT molecular complexity index is 688. The Hall–Kier alpha value is -1.36. The average molecular weight is 264 g/mol. The van der Waals surface area contributed by atoms with Gasteiger partial charge in [0.15, 0.2) is 9.84 Å². The number of rotatable bonds is 2. The molecule has 0 saturated carbocycles. The Labute approximate surface area is 107 Å². The minimum atomic E-state index is -2.88. The van der Waals surface area contributed by atoms with Gasteiger partial charge in [0.2, 0.25) is 0 Å². The maximum Gasteiger partial charge on any atom is 0.153 e. The molecular weight excluding hydrogens is 248 g/mol. The molecule has 0 N–H and O–H groups in total. The third kappa shape index (κ3) is 2.03. The van der Waals surface area contributed by atoms with Crippen molar-refractivity contribution in [2.45, 2.75) is 31.4 Å². The highest BCUT2D eigenvalue weighted by atomic mass is 32.2. The molecule has 3 heterocycles. The summed E-state index contributed by atoms with van der Waals surface area (Å²) in [5.74, 6) is 0.337. The molecular formula is C13H16N2O2S. The molecule has 96 valence electrons. The van der Waals surface area contributed by atoms with E-state index in [0.717, 1.165) is 29.7 Å². The molecule has 1 unspecified atom stereocenters. The molecule has 0 radical (unpaired) electrons. The van der Waals surface area contributed by atoms with E-state index in [2.05, 4.69) is 4.98 Å². The molecule has 0 aromatic carbocycles. The van der Waals surface area contributed by atoms with Crippen LogP contribution in [0.3, 0.4) is 0 Å². The molecule has 1 atom stereocenters. The molecule has 0 aliphatic carbocycles. The van der Waals surface area contributed by atoms with Gasteiger partial charge in [-0.25, -0.2) is 13.4 Å². The van der Waals surface area contributed by atoms with Gasteiger partial charge < -0.3 is 4.40 Å². The van der Waals surface area contributed by atoms with Crippen molar-refractivity contribution in [3.05, 3.63) is 35.8 Å². The summed E-state index contributed by atoms with van der Waals surface area (Å²) < 4.78 is 25.6. The van der Waals surface area contributed by atoms with Crippen LogP contribution in [0.1, 0.15) is 24.1 Å². The predicted molar refractivity (Wildman–Crippen MR) is 70.4 cm³/mol. The molecule has 2 aromatic heterocycles. The van der Waals surface area contributed by atoms with Crippen molar-refractivity contribution < 1.29 is 8.42 Å². The summed E-state index contributed by atoms with van der Waals surface area (Å²) in [4.78, 5) is 4.50. The van der Waals surface area contributed by atoms with Crippen LogP contribution in [0.2, 0.25) is 0 Å². The summed E-state index contributed by atoms with van der Waals surface area (Å²) in [5, 5.41) is -0.233. The summed E-state index contributed by atoms with van der Waals surface area (Å²) in [7, 11) is -2.88. The zero-order valence-electron chi connectivity index (χ0n) is 10.3. The number of fused-ring (bicyclic) bond motifs is 1. The van der Waals surface area contributed by atoms with Gasteiger partial charge in [-0.2, -0.15) is 0 Å². The highest BCUT2D eigenvalue weighted by Gasteiger charge is 2.31. The van der Waals surface area contributed by atoms with E-state index in [1.54, 1.807) is 0 Å². The first-order valence-electron chi connectivity index (χ1n) is 6.20.